The minimum Gasteiger partial charge on any atom is -0.374 e. The summed E-state index contributed by atoms with van der Waals surface area (Å²) >= 11 is 1.49. The maximum atomic E-state index is 5.61. The summed E-state index contributed by atoms with van der Waals surface area (Å²) in [6.45, 7) is 7.55. The lowest BCUT2D eigenvalue weighted by molar-refractivity contribution is 0.261. The van der Waals surface area contributed by atoms with Crippen molar-refractivity contribution in [3.05, 3.63) is 34.8 Å². The molecule has 2 aromatic rings. The molecule has 0 bridgehead atoms. The molecule has 2 N–H and O–H groups in total. The van der Waals surface area contributed by atoms with Crippen molar-refractivity contribution in [2.45, 2.75) is 13.3 Å². The van der Waals surface area contributed by atoms with Crippen LogP contribution in [0.2, 0.25) is 0 Å². The van der Waals surface area contributed by atoms with E-state index in [1.807, 2.05) is 0 Å². The van der Waals surface area contributed by atoms with Crippen molar-refractivity contribution in [2.24, 2.45) is 0 Å². The molecule has 1 aliphatic heterocycles. The van der Waals surface area contributed by atoms with E-state index in [4.69, 9.17) is 5.73 Å². The van der Waals surface area contributed by atoms with Crippen LogP contribution < -0.4 is 10.6 Å². The van der Waals surface area contributed by atoms with Gasteiger partial charge in [0.25, 0.3) is 0 Å². The fourth-order valence-electron chi connectivity index (χ4n) is 2.68. The van der Waals surface area contributed by atoms with Gasteiger partial charge in [0.15, 0.2) is 0 Å². The normalized spacial score (nSPS) is 16.3. The van der Waals surface area contributed by atoms with E-state index in [2.05, 4.69) is 51.2 Å². The van der Waals surface area contributed by atoms with Gasteiger partial charge in [-0.25, -0.2) is 0 Å². The molecule has 0 unspecified atom stereocenters. The van der Waals surface area contributed by atoms with Gasteiger partial charge in [0.1, 0.15) is 5.01 Å². The topological polar surface area (TPSA) is 58.3 Å². The van der Waals surface area contributed by atoms with E-state index in [0.29, 0.717) is 5.13 Å². The van der Waals surface area contributed by atoms with Crippen LogP contribution in [0.1, 0.15) is 10.6 Å². The van der Waals surface area contributed by atoms with Crippen molar-refractivity contribution in [1.29, 1.82) is 0 Å². The fraction of sp³-hybridized carbons (Fsp3) is 0.467. The number of aryl methyl sites for hydroxylation is 1. The van der Waals surface area contributed by atoms with Gasteiger partial charge in [-0.1, -0.05) is 23.5 Å². The molecule has 1 saturated heterocycles. The van der Waals surface area contributed by atoms with E-state index in [0.717, 1.165) is 44.2 Å². The van der Waals surface area contributed by atoms with Gasteiger partial charge in [-0.15, -0.1) is 10.2 Å². The summed E-state index contributed by atoms with van der Waals surface area (Å²) in [7, 11) is 0. The number of piperazine rings is 1. The van der Waals surface area contributed by atoms with Gasteiger partial charge in [0.05, 0.1) is 0 Å². The molecular formula is C15H21N5S. The average Bonchev–Trinajstić information content (AvgIpc) is 2.91. The molecule has 6 heteroatoms. The predicted octanol–water partition coefficient (Wildman–Crippen LogP) is 1.79. The Morgan fingerprint density at radius 1 is 1.19 bits per heavy atom. The zero-order valence-corrected chi connectivity index (χ0v) is 13.1. The molecule has 0 saturated carbocycles. The van der Waals surface area contributed by atoms with Gasteiger partial charge >= 0.3 is 0 Å². The third kappa shape index (κ3) is 3.71. The zero-order chi connectivity index (χ0) is 14.7. The molecule has 2 heterocycles. The minimum atomic E-state index is 0.564. The Balaban J connectivity index is 1.49. The van der Waals surface area contributed by atoms with Crippen LogP contribution in [0, 0.1) is 6.92 Å². The largest absolute Gasteiger partial charge is 0.374 e. The first-order valence-electron chi connectivity index (χ1n) is 7.32. The van der Waals surface area contributed by atoms with Gasteiger partial charge in [0.2, 0.25) is 5.13 Å². The lowest BCUT2D eigenvalue weighted by Crippen LogP contribution is -2.47. The predicted molar refractivity (Wildman–Crippen MR) is 87.9 cm³/mol. The van der Waals surface area contributed by atoms with Crippen LogP contribution in [-0.2, 0) is 6.42 Å². The molecule has 1 aromatic carbocycles. The number of rotatable bonds is 4. The zero-order valence-electron chi connectivity index (χ0n) is 12.3. The van der Waals surface area contributed by atoms with Crippen LogP contribution >= 0.6 is 11.3 Å². The maximum Gasteiger partial charge on any atom is 0.203 e. The standard InChI is InChI=1S/C15H21N5S/c1-12-3-2-4-13(11-12)20-9-7-19(8-10-20)6-5-14-17-18-15(16)21-14/h2-4,11H,5-10H2,1H3,(H2,16,18). The lowest BCUT2D eigenvalue weighted by Gasteiger charge is -2.36. The minimum absolute atomic E-state index is 0.564. The Morgan fingerprint density at radius 2 is 2.00 bits per heavy atom. The van der Waals surface area contributed by atoms with Crippen molar-refractivity contribution < 1.29 is 0 Å². The van der Waals surface area contributed by atoms with E-state index in [-0.39, 0.29) is 0 Å². The second-order valence-corrected chi connectivity index (χ2v) is 6.55. The summed E-state index contributed by atoms with van der Waals surface area (Å²) in [5, 5.41) is 9.54. The highest BCUT2D eigenvalue weighted by Gasteiger charge is 2.17. The van der Waals surface area contributed by atoms with E-state index in [9.17, 15) is 0 Å². The lowest BCUT2D eigenvalue weighted by atomic mass is 10.2. The van der Waals surface area contributed by atoms with Gasteiger partial charge in [-0.2, -0.15) is 0 Å². The molecule has 0 aliphatic carbocycles. The van der Waals surface area contributed by atoms with Gasteiger partial charge < -0.3 is 10.6 Å². The molecule has 0 radical (unpaired) electrons. The highest BCUT2D eigenvalue weighted by atomic mass is 32.1. The van der Waals surface area contributed by atoms with E-state index < -0.39 is 0 Å². The van der Waals surface area contributed by atoms with E-state index in [1.165, 1.54) is 22.6 Å². The Hall–Kier alpha value is -1.66. The molecule has 112 valence electrons. The average molecular weight is 303 g/mol. The Kier molecular flexibility index (Phi) is 4.36. The number of nitrogens with zero attached hydrogens (tertiary/aromatic N) is 4. The molecule has 1 fully saturated rings. The molecule has 0 spiro atoms. The first-order chi connectivity index (χ1) is 10.2. The number of nitrogens with two attached hydrogens (primary N) is 1. The SMILES string of the molecule is Cc1cccc(N2CCN(CCc3nnc(N)s3)CC2)c1. The second kappa shape index (κ2) is 6.41. The summed E-state index contributed by atoms with van der Waals surface area (Å²) in [6.07, 6.45) is 0.944. The Labute approximate surface area is 129 Å². The number of nitrogen functional groups attached to an aromatic ring is 1. The van der Waals surface area contributed by atoms with Crippen molar-refractivity contribution in [3.63, 3.8) is 0 Å². The van der Waals surface area contributed by atoms with Crippen LogP contribution in [0.25, 0.3) is 0 Å². The first-order valence-corrected chi connectivity index (χ1v) is 8.14. The number of benzene rings is 1. The third-order valence-corrected chi connectivity index (χ3v) is 4.68. The summed E-state index contributed by atoms with van der Waals surface area (Å²) in [6, 6.07) is 8.75. The van der Waals surface area contributed by atoms with Crippen LogP contribution in [0.15, 0.2) is 24.3 Å². The smallest absolute Gasteiger partial charge is 0.203 e. The van der Waals surface area contributed by atoms with Crippen LogP contribution in [0.3, 0.4) is 0 Å². The van der Waals surface area contributed by atoms with E-state index in [1.54, 1.807) is 0 Å². The summed E-state index contributed by atoms with van der Waals surface area (Å²) in [5.74, 6) is 0. The highest BCUT2D eigenvalue weighted by Crippen LogP contribution is 2.18. The fourth-order valence-corrected chi connectivity index (χ4v) is 3.27. The maximum absolute atomic E-state index is 5.61. The van der Waals surface area contributed by atoms with Crippen molar-refractivity contribution >= 4 is 22.2 Å². The van der Waals surface area contributed by atoms with Crippen molar-refractivity contribution in [1.82, 2.24) is 15.1 Å². The number of aromatic nitrogens is 2. The quantitative estimate of drug-likeness (QED) is 0.933. The summed E-state index contributed by atoms with van der Waals surface area (Å²) < 4.78 is 0. The molecule has 21 heavy (non-hydrogen) atoms. The number of anilines is 2. The molecule has 5 nitrogen and oxygen atoms in total. The number of hydrogen-bond acceptors (Lipinski definition) is 6. The van der Waals surface area contributed by atoms with Gasteiger partial charge in [-0.3, -0.25) is 4.90 Å². The summed E-state index contributed by atoms with van der Waals surface area (Å²) in [5.41, 5.74) is 8.27. The molecule has 3 rings (SSSR count). The van der Waals surface area contributed by atoms with Crippen molar-refractivity contribution in [3.8, 4) is 0 Å². The summed E-state index contributed by atoms with van der Waals surface area (Å²) in [4.78, 5) is 4.95. The monoisotopic (exact) mass is 303 g/mol. The Morgan fingerprint density at radius 3 is 2.67 bits per heavy atom. The van der Waals surface area contributed by atoms with Gasteiger partial charge in [-0.05, 0) is 24.6 Å². The van der Waals surface area contributed by atoms with E-state index >= 15 is 0 Å². The Bertz CT molecular complexity index is 589. The molecule has 0 atom stereocenters. The van der Waals surface area contributed by atoms with Gasteiger partial charge in [0, 0.05) is 44.8 Å². The third-order valence-electron chi connectivity index (χ3n) is 3.86. The molecule has 1 aromatic heterocycles. The number of hydrogen-bond donors (Lipinski definition) is 1. The second-order valence-electron chi connectivity index (χ2n) is 5.45. The molecule has 0 amide bonds. The molecule has 1 aliphatic rings. The van der Waals surface area contributed by atoms with Crippen LogP contribution in [0.4, 0.5) is 10.8 Å². The van der Waals surface area contributed by atoms with Crippen LogP contribution in [-0.4, -0.2) is 47.8 Å². The van der Waals surface area contributed by atoms with Crippen molar-refractivity contribution in [2.75, 3.05) is 43.4 Å². The molecular weight excluding hydrogens is 282 g/mol. The first kappa shape index (κ1) is 14.3. The highest BCUT2D eigenvalue weighted by molar-refractivity contribution is 7.15. The van der Waals surface area contributed by atoms with Crippen LogP contribution in [0.5, 0.6) is 0 Å².